The SMILES string of the molecule is CC1CN(c2ccc(CNCc3cn(-c4ccccc4)nc3C(C)C)cn2)CCO1. The third-order valence-corrected chi connectivity index (χ3v) is 5.41. The summed E-state index contributed by atoms with van der Waals surface area (Å²) in [5.41, 5.74) is 4.64. The van der Waals surface area contributed by atoms with Gasteiger partial charge in [0.05, 0.1) is 24.1 Å². The van der Waals surface area contributed by atoms with Gasteiger partial charge in [0.25, 0.3) is 0 Å². The number of aromatic nitrogens is 3. The van der Waals surface area contributed by atoms with Crippen LogP contribution in [-0.2, 0) is 17.8 Å². The molecule has 1 unspecified atom stereocenters. The van der Waals surface area contributed by atoms with Crippen molar-refractivity contribution in [2.75, 3.05) is 24.6 Å². The standard InChI is InChI=1S/C24H31N5O/c1-18(2)24-21(17-29(27-24)22-7-5-4-6-8-22)15-25-13-20-9-10-23(26-14-20)28-11-12-30-19(3)16-28/h4-10,14,17-19,25H,11-13,15-16H2,1-3H3. The molecule has 6 heteroatoms. The average Bonchev–Trinajstić information content (AvgIpc) is 3.19. The number of pyridine rings is 1. The zero-order valence-electron chi connectivity index (χ0n) is 18.1. The fourth-order valence-corrected chi connectivity index (χ4v) is 3.83. The molecule has 0 spiro atoms. The van der Waals surface area contributed by atoms with Crippen LogP contribution in [0, 0.1) is 0 Å². The molecule has 2 aromatic heterocycles. The van der Waals surface area contributed by atoms with E-state index in [1.165, 1.54) is 11.1 Å². The van der Waals surface area contributed by atoms with E-state index < -0.39 is 0 Å². The lowest BCUT2D eigenvalue weighted by molar-refractivity contribution is 0.0529. The lowest BCUT2D eigenvalue weighted by atomic mass is 10.1. The van der Waals surface area contributed by atoms with Crippen LogP contribution in [0.3, 0.4) is 0 Å². The zero-order chi connectivity index (χ0) is 20.9. The summed E-state index contributed by atoms with van der Waals surface area (Å²) >= 11 is 0. The van der Waals surface area contributed by atoms with Crippen molar-refractivity contribution in [1.82, 2.24) is 20.1 Å². The average molecular weight is 406 g/mol. The molecule has 1 N–H and O–H groups in total. The molecule has 158 valence electrons. The number of para-hydroxylation sites is 1. The van der Waals surface area contributed by atoms with Crippen molar-refractivity contribution in [3.8, 4) is 5.69 Å². The van der Waals surface area contributed by atoms with Crippen LogP contribution in [0.1, 0.15) is 43.5 Å². The Kier molecular flexibility index (Phi) is 6.45. The Labute approximate surface area is 178 Å². The number of morpholine rings is 1. The lowest BCUT2D eigenvalue weighted by Gasteiger charge is -2.32. The Morgan fingerprint density at radius 3 is 2.67 bits per heavy atom. The van der Waals surface area contributed by atoms with Crippen molar-refractivity contribution in [1.29, 1.82) is 0 Å². The zero-order valence-corrected chi connectivity index (χ0v) is 18.1. The Hall–Kier alpha value is -2.70. The highest BCUT2D eigenvalue weighted by Gasteiger charge is 2.18. The molecule has 1 atom stereocenters. The van der Waals surface area contributed by atoms with Crippen LogP contribution < -0.4 is 10.2 Å². The van der Waals surface area contributed by atoms with E-state index in [9.17, 15) is 0 Å². The fourth-order valence-electron chi connectivity index (χ4n) is 3.83. The molecule has 0 bridgehead atoms. The summed E-state index contributed by atoms with van der Waals surface area (Å²) in [7, 11) is 0. The van der Waals surface area contributed by atoms with Gasteiger partial charge < -0.3 is 15.0 Å². The monoisotopic (exact) mass is 405 g/mol. The first-order chi connectivity index (χ1) is 14.6. The van der Waals surface area contributed by atoms with Crippen molar-refractivity contribution in [2.45, 2.75) is 45.9 Å². The smallest absolute Gasteiger partial charge is 0.128 e. The summed E-state index contributed by atoms with van der Waals surface area (Å²) in [4.78, 5) is 6.96. The molecule has 0 saturated carbocycles. The van der Waals surface area contributed by atoms with Crippen LogP contribution >= 0.6 is 0 Å². The van der Waals surface area contributed by atoms with Crippen LogP contribution in [0.15, 0.2) is 54.9 Å². The maximum absolute atomic E-state index is 5.62. The number of nitrogens with one attached hydrogen (secondary N) is 1. The third-order valence-electron chi connectivity index (χ3n) is 5.41. The molecule has 3 heterocycles. The summed E-state index contributed by atoms with van der Waals surface area (Å²) in [6.45, 7) is 10.6. The topological polar surface area (TPSA) is 55.2 Å². The number of nitrogens with zero attached hydrogens (tertiary/aromatic N) is 4. The van der Waals surface area contributed by atoms with E-state index in [-0.39, 0.29) is 6.10 Å². The number of anilines is 1. The van der Waals surface area contributed by atoms with Gasteiger partial charge in [0.15, 0.2) is 0 Å². The van der Waals surface area contributed by atoms with Crippen LogP contribution in [0.5, 0.6) is 0 Å². The minimum atomic E-state index is 0.258. The number of hydrogen-bond acceptors (Lipinski definition) is 5. The van der Waals surface area contributed by atoms with E-state index in [2.05, 4.69) is 66.4 Å². The van der Waals surface area contributed by atoms with Gasteiger partial charge in [0, 0.05) is 44.1 Å². The van der Waals surface area contributed by atoms with Crippen molar-refractivity contribution in [3.05, 3.63) is 71.7 Å². The minimum absolute atomic E-state index is 0.258. The van der Waals surface area contributed by atoms with E-state index in [0.29, 0.717) is 5.92 Å². The Morgan fingerprint density at radius 2 is 1.97 bits per heavy atom. The highest BCUT2D eigenvalue weighted by molar-refractivity contribution is 5.40. The molecule has 1 aromatic carbocycles. The van der Waals surface area contributed by atoms with E-state index in [1.54, 1.807) is 0 Å². The molecular formula is C24H31N5O. The summed E-state index contributed by atoms with van der Waals surface area (Å²) < 4.78 is 7.60. The maximum atomic E-state index is 5.62. The lowest BCUT2D eigenvalue weighted by Crippen LogP contribution is -2.41. The fraction of sp³-hybridized carbons (Fsp3) is 0.417. The summed E-state index contributed by atoms with van der Waals surface area (Å²) in [6, 6.07) is 14.5. The largest absolute Gasteiger partial charge is 0.375 e. The number of hydrogen-bond donors (Lipinski definition) is 1. The van der Waals surface area contributed by atoms with Gasteiger partial charge >= 0.3 is 0 Å². The molecule has 1 fully saturated rings. The molecule has 1 aliphatic rings. The first kappa shape index (κ1) is 20.6. The van der Waals surface area contributed by atoms with Crippen LogP contribution in [0.2, 0.25) is 0 Å². The minimum Gasteiger partial charge on any atom is -0.375 e. The molecule has 1 saturated heterocycles. The van der Waals surface area contributed by atoms with Crippen LogP contribution in [0.4, 0.5) is 5.82 Å². The molecule has 6 nitrogen and oxygen atoms in total. The highest BCUT2D eigenvalue weighted by atomic mass is 16.5. The quantitative estimate of drug-likeness (QED) is 0.646. The van der Waals surface area contributed by atoms with Gasteiger partial charge in [0.1, 0.15) is 5.82 Å². The van der Waals surface area contributed by atoms with Gasteiger partial charge in [-0.1, -0.05) is 38.1 Å². The number of ether oxygens (including phenoxy) is 1. The molecule has 4 rings (SSSR count). The third kappa shape index (κ3) is 4.89. The number of benzene rings is 1. The van der Waals surface area contributed by atoms with Gasteiger partial charge in [-0.05, 0) is 36.6 Å². The van der Waals surface area contributed by atoms with Crippen molar-refractivity contribution < 1.29 is 4.74 Å². The maximum Gasteiger partial charge on any atom is 0.128 e. The van der Waals surface area contributed by atoms with E-state index >= 15 is 0 Å². The second kappa shape index (κ2) is 9.41. The molecule has 30 heavy (non-hydrogen) atoms. The first-order valence-corrected chi connectivity index (χ1v) is 10.8. The predicted octanol–water partition coefficient (Wildman–Crippen LogP) is 3.91. The second-order valence-electron chi connectivity index (χ2n) is 8.23. The Morgan fingerprint density at radius 1 is 1.13 bits per heavy atom. The Bertz CT molecular complexity index is 936. The summed E-state index contributed by atoms with van der Waals surface area (Å²) in [5.74, 6) is 1.41. The van der Waals surface area contributed by atoms with Crippen molar-refractivity contribution >= 4 is 5.82 Å². The molecule has 3 aromatic rings. The molecular weight excluding hydrogens is 374 g/mol. The van der Waals surface area contributed by atoms with Gasteiger partial charge in [-0.15, -0.1) is 0 Å². The molecule has 1 aliphatic heterocycles. The van der Waals surface area contributed by atoms with Crippen LogP contribution in [0.25, 0.3) is 5.69 Å². The first-order valence-electron chi connectivity index (χ1n) is 10.8. The van der Waals surface area contributed by atoms with Gasteiger partial charge in [-0.2, -0.15) is 5.10 Å². The second-order valence-corrected chi connectivity index (χ2v) is 8.23. The van der Waals surface area contributed by atoms with Gasteiger partial charge in [-0.25, -0.2) is 9.67 Å². The summed E-state index contributed by atoms with van der Waals surface area (Å²) in [5, 5.41) is 8.38. The van der Waals surface area contributed by atoms with Gasteiger partial charge in [0.2, 0.25) is 0 Å². The number of rotatable bonds is 7. The van der Waals surface area contributed by atoms with Crippen LogP contribution in [-0.4, -0.2) is 40.6 Å². The van der Waals surface area contributed by atoms with Crippen molar-refractivity contribution in [2.24, 2.45) is 0 Å². The normalized spacial score (nSPS) is 16.9. The van der Waals surface area contributed by atoms with Crippen molar-refractivity contribution in [3.63, 3.8) is 0 Å². The van der Waals surface area contributed by atoms with Gasteiger partial charge in [-0.3, -0.25) is 0 Å². The van der Waals surface area contributed by atoms with E-state index in [1.807, 2.05) is 29.1 Å². The molecule has 0 radical (unpaired) electrons. The van der Waals surface area contributed by atoms with E-state index in [4.69, 9.17) is 9.84 Å². The highest BCUT2D eigenvalue weighted by Crippen LogP contribution is 2.20. The molecule has 0 aliphatic carbocycles. The Balaban J connectivity index is 1.37. The predicted molar refractivity (Wildman–Crippen MR) is 120 cm³/mol. The van der Waals surface area contributed by atoms with E-state index in [0.717, 1.165) is 50.0 Å². The molecule has 0 amide bonds. The summed E-state index contributed by atoms with van der Waals surface area (Å²) in [6.07, 6.45) is 4.37.